The summed E-state index contributed by atoms with van der Waals surface area (Å²) in [5.74, 6) is 0. The first-order valence-electron chi connectivity index (χ1n) is 3.84. The third-order valence-corrected chi connectivity index (χ3v) is 3.74. The second kappa shape index (κ2) is 4.13. The summed E-state index contributed by atoms with van der Waals surface area (Å²) in [5, 5.41) is 10.3. The predicted octanol–water partition coefficient (Wildman–Crippen LogP) is 4.08. The maximum Gasteiger partial charge on any atom is 0.0563 e. The lowest BCUT2D eigenvalue weighted by Gasteiger charge is -2.01. The molecule has 0 atom stereocenters. The monoisotopic (exact) mass is 229 g/mol. The van der Waals surface area contributed by atoms with Crippen molar-refractivity contribution in [1.82, 2.24) is 0 Å². The third kappa shape index (κ3) is 2.24. The van der Waals surface area contributed by atoms with Crippen molar-refractivity contribution >= 4 is 40.0 Å². The molecule has 0 aliphatic rings. The van der Waals surface area contributed by atoms with E-state index >= 15 is 0 Å². The first-order valence-corrected chi connectivity index (χ1v) is 6.04. The van der Waals surface area contributed by atoms with Crippen LogP contribution in [0.5, 0.6) is 0 Å². The fraction of sp³-hybridized carbons (Fsp3) is 0.111. The molecule has 0 aromatic carbocycles. The van der Waals surface area contributed by atoms with Crippen LogP contribution in [-0.4, -0.2) is 0 Å². The van der Waals surface area contributed by atoms with Crippen molar-refractivity contribution < 1.29 is 0 Å². The molecule has 2 heterocycles. The van der Waals surface area contributed by atoms with Gasteiger partial charge in [-0.15, -0.1) is 11.3 Å². The standard InChI is InChI=1S/C9H8ClNS2/c10-8-2-4-13-9(8)5-11-7-1-3-12-6-7/h1-4,6,11H,5H2. The van der Waals surface area contributed by atoms with Gasteiger partial charge >= 0.3 is 0 Å². The number of halogens is 1. The van der Waals surface area contributed by atoms with Gasteiger partial charge in [-0.2, -0.15) is 11.3 Å². The molecular formula is C9H8ClNS2. The van der Waals surface area contributed by atoms with Crippen LogP contribution in [0.2, 0.25) is 5.02 Å². The van der Waals surface area contributed by atoms with Crippen LogP contribution in [-0.2, 0) is 6.54 Å². The number of thiophene rings is 2. The first kappa shape index (κ1) is 9.06. The lowest BCUT2D eigenvalue weighted by molar-refractivity contribution is 1.20. The molecule has 0 aliphatic carbocycles. The van der Waals surface area contributed by atoms with Crippen LogP contribution in [0.4, 0.5) is 5.69 Å². The van der Waals surface area contributed by atoms with Gasteiger partial charge in [0.2, 0.25) is 0 Å². The average molecular weight is 230 g/mol. The Labute approximate surface area is 90.0 Å². The Bertz CT molecular complexity index is 367. The van der Waals surface area contributed by atoms with E-state index in [0.717, 1.165) is 17.3 Å². The molecule has 0 radical (unpaired) electrons. The van der Waals surface area contributed by atoms with E-state index in [4.69, 9.17) is 11.6 Å². The highest BCUT2D eigenvalue weighted by molar-refractivity contribution is 7.10. The van der Waals surface area contributed by atoms with Gasteiger partial charge < -0.3 is 5.32 Å². The summed E-state index contributed by atoms with van der Waals surface area (Å²) in [6.45, 7) is 0.813. The van der Waals surface area contributed by atoms with E-state index in [0.29, 0.717) is 0 Å². The zero-order valence-electron chi connectivity index (χ0n) is 6.79. The summed E-state index contributed by atoms with van der Waals surface area (Å²) in [7, 11) is 0. The van der Waals surface area contributed by atoms with E-state index in [9.17, 15) is 0 Å². The van der Waals surface area contributed by atoms with E-state index < -0.39 is 0 Å². The Morgan fingerprint density at radius 1 is 1.31 bits per heavy atom. The van der Waals surface area contributed by atoms with Crippen molar-refractivity contribution in [3.05, 3.63) is 38.2 Å². The normalized spacial score (nSPS) is 10.2. The van der Waals surface area contributed by atoms with E-state index in [1.165, 1.54) is 4.88 Å². The second-order valence-electron chi connectivity index (χ2n) is 2.56. The second-order valence-corrected chi connectivity index (χ2v) is 4.75. The van der Waals surface area contributed by atoms with Gasteiger partial charge in [0.1, 0.15) is 0 Å². The fourth-order valence-corrected chi connectivity index (χ4v) is 2.65. The zero-order chi connectivity index (χ0) is 9.10. The van der Waals surface area contributed by atoms with E-state index in [-0.39, 0.29) is 0 Å². The van der Waals surface area contributed by atoms with Crippen molar-refractivity contribution in [3.8, 4) is 0 Å². The molecule has 2 rings (SSSR count). The maximum absolute atomic E-state index is 5.95. The van der Waals surface area contributed by atoms with Crippen molar-refractivity contribution in [2.45, 2.75) is 6.54 Å². The van der Waals surface area contributed by atoms with Gasteiger partial charge in [0, 0.05) is 15.9 Å². The molecule has 0 fully saturated rings. The summed E-state index contributed by atoms with van der Waals surface area (Å²) >= 11 is 9.32. The molecule has 2 aromatic rings. The van der Waals surface area contributed by atoms with Gasteiger partial charge in [-0.3, -0.25) is 0 Å². The van der Waals surface area contributed by atoms with Crippen LogP contribution in [0.1, 0.15) is 4.88 Å². The van der Waals surface area contributed by atoms with Gasteiger partial charge in [0.25, 0.3) is 0 Å². The number of rotatable bonds is 3. The Morgan fingerprint density at radius 3 is 2.85 bits per heavy atom. The fourth-order valence-electron chi connectivity index (χ4n) is 0.999. The molecule has 1 N–H and O–H groups in total. The topological polar surface area (TPSA) is 12.0 Å². The number of anilines is 1. The molecule has 68 valence electrons. The molecule has 0 bridgehead atoms. The lowest BCUT2D eigenvalue weighted by Crippen LogP contribution is -1.95. The van der Waals surface area contributed by atoms with Gasteiger partial charge in [0.05, 0.1) is 11.6 Å². The molecular weight excluding hydrogens is 222 g/mol. The predicted molar refractivity (Wildman–Crippen MR) is 61.0 cm³/mol. The summed E-state index contributed by atoms with van der Waals surface area (Å²) in [6, 6.07) is 3.99. The average Bonchev–Trinajstić information content (AvgIpc) is 2.72. The molecule has 2 aromatic heterocycles. The van der Waals surface area contributed by atoms with E-state index in [1.807, 2.05) is 11.4 Å². The summed E-state index contributed by atoms with van der Waals surface area (Å²) < 4.78 is 0. The van der Waals surface area contributed by atoms with Gasteiger partial charge in [0.15, 0.2) is 0 Å². The highest BCUT2D eigenvalue weighted by Crippen LogP contribution is 2.23. The summed E-state index contributed by atoms with van der Waals surface area (Å²) in [5.41, 5.74) is 1.16. The number of nitrogens with one attached hydrogen (secondary N) is 1. The quantitative estimate of drug-likeness (QED) is 0.837. The van der Waals surface area contributed by atoms with Crippen molar-refractivity contribution in [2.24, 2.45) is 0 Å². The zero-order valence-corrected chi connectivity index (χ0v) is 9.18. The molecule has 1 nitrogen and oxygen atoms in total. The van der Waals surface area contributed by atoms with Crippen molar-refractivity contribution in [2.75, 3.05) is 5.32 Å². The minimum Gasteiger partial charge on any atom is -0.379 e. The molecule has 0 saturated carbocycles. The smallest absolute Gasteiger partial charge is 0.0563 e. The Morgan fingerprint density at radius 2 is 2.23 bits per heavy atom. The largest absolute Gasteiger partial charge is 0.379 e. The summed E-state index contributed by atoms with van der Waals surface area (Å²) in [6.07, 6.45) is 0. The molecule has 0 saturated heterocycles. The van der Waals surface area contributed by atoms with Gasteiger partial charge in [-0.1, -0.05) is 11.6 Å². The lowest BCUT2D eigenvalue weighted by atomic mass is 10.4. The molecule has 0 aliphatic heterocycles. The maximum atomic E-state index is 5.95. The van der Waals surface area contributed by atoms with Gasteiger partial charge in [-0.25, -0.2) is 0 Å². The van der Waals surface area contributed by atoms with Crippen LogP contribution in [0, 0.1) is 0 Å². The van der Waals surface area contributed by atoms with Crippen molar-refractivity contribution in [1.29, 1.82) is 0 Å². The number of hydrogen-bond donors (Lipinski definition) is 1. The number of hydrogen-bond acceptors (Lipinski definition) is 3. The van der Waals surface area contributed by atoms with E-state index in [1.54, 1.807) is 22.7 Å². The third-order valence-electron chi connectivity index (χ3n) is 1.67. The summed E-state index contributed by atoms with van der Waals surface area (Å²) in [4.78, 5) is 1.19. The minimum atomic E-state index is 0.813. The highest BCUT2D eigenvalue weighted by Gasteiger charge is 2.00. The van der Waals surface area contributed by atoms with Crippen LogP contribution in [0.25, 0.3) is 0 Å². The molecule has 13 heavy (non-hydrogen) atoms. The molecule has 0 spiro atoms. The molecule has 0 unspecified atom stereocenters. The highest BCUT2D eigenvalue weighted by atomic mass is 35.5. The first-order chi connectivity index (χ1) is 6.36. The Balaban J connectivity index is 1.97. The molecule has 0 amide bonds. The van der Waals surface area contributed by atoms with E-state index in [2.05, 4.69) is 22.1 Å². The minimum absolute atomic E-state index is 0.813. The van der Waals surface area contributed by atoms with Crippen LogP contribution < -0.4 is 5.32 Å². The van der Waals surface area contributed by atoms with Crippen molar-refractivity contribution in [3.63, 3.8) is 0 Å². The Kier molecular flexibility index (Phi) is 2.88. The SMILES string of the molecule is Clc1ccsc1CNc1ccsc1. The Hall–Kier alpha value is -0.510. The van der Waals surface area contributed by atoms with Crippen LogP contribution in [0.15, 0.2) is 28.3 Å². The van der Waals surface area contributed by atoms with Crippen LogP contribution in [0.3, 0.4) is 0 Å². The van der Waals surface area contributed by atoms with Crippen LogP contribution >= 0.6 is 34.3 Å². The molecule has 4 heteroatoms. The van der Waals surface area contributed by atoms with Gasteiger partial charge in [-0.05, 0) is 22.9 Å².